The van der Waals surface area contributed by atoms with Gasteiger partial charge >= 0.3 is 0 Å². The van der Waals surface area contributed by atoms with E-state index in [4.69, 9.17) is 9.97 Å². The lowest BCUT2D eigenvalue weighted by molar-refractivity contribution is 0.942. The first-order valence-electron chi connectivity index (χ1n) is 16.1. The normalized spacial score (nSPS) is 12.7. The highest BCUT2D eigenvalue weighted by Crippen LogP contribution is 2.50. The van der Waals surface area contributed by atoms with E-state index in [1.54, 1.807) is 0 Å². The van der Waals surface area contributed by atoms with Gasteiger partial charge in [-0.25, -0.2) is 9.97 Å². The van der Waals surface area contributed by atoms with Gasteiger partial charge in [-0.2, -0.15) is 10.5 Å². The molecule has 0 saturated heterocycles. The number of fused-ring (bicyclic) bond motifs is 7. The van der Waals surface area contributed by atoms with E-state index in [0.717, 1.165) is 96.4 Å². The number of benzene rings is 5. The highest BCUT2D eigenvalue weighted by Gasteiger charge is 2.30. The van der Waals surface area contributed by atoms with E-state index >= 15 is 0 Å². The number of nitriles is 2. The minimum Gasteiger partial charge on any atom is -0.310 e. The molecular weight excluding hydrogens is 641 g/mol. The zero-order chi connectivity index (χ0) is 33.2. The fraction of sp³-hybridized carbons (Fsp3) is 0.0732. The Hall–Kier alpha value is -5.80. The van der Waals surface area contributed by atoms with Gasteiger partial charge in [-0.05, 0) is 55.1 Å². The van der Waals surface area contributed by atoms with Gasteiger partial charge in [-0.3, -0.25) is 0 Å². The smallest absolute Gasteiger partial charge is 0.145 e. The van der Waals surface area contributed by atoms with Gasteiger partial charge in [0.2, 0.25) is 0 Å². The van der Waals surface area contributed by atoms with E-state index in [2.05, 4.69) is 137 Å². The Bertz CT molecular complexity index is 2920. The molecule has 3 aromatic heterocycles. The van der Waals surface area contributed by atoms with Crippen LogP contribution in [-0.2, 0) is 0 Å². The van der Waals surface area contributed by atoms with E-state index in [-0.39, 0.29) is 0 Å². The van der Waals surface area contributed by atoms with Crippen molar-refractivity contribution in [2.24, 2.45) is 0 Å². The van der Waals surface area contributed by atoms with Crippen molar-refractivity contribution in [2.75, 3.05) is 0 Å². The first-order chi connectivity index (χ1) is 24.2. The predicted octanol–water partition coefficient (Wildman–Crippen LogP) is 9.46. The Kier molecular flexibility index (Phi) is 6.84. The first kappa shape index (κ1) is 29.3. The van der Waals surface area contributed by atoms with Crippen LogP contribution in [0.2, 0.25) is 0 Å². The maximum Gasteiger partial charge on any atom is 0.145 e. The van der Waals surface area contributed by atoms with Gasteiger partial charge in [0.15, 0.2) is 0 Å². The zero-order valence-electron chi connectivity index (χ0n) is 26.6. The molecule has 6 nitrogen and oxygen atoms in total. The van der Waals surface area contributed by atoms with Crippen LogP contribution in [0, 0.1) is 21.3 Å². The van der Waals surface area contributed by atoms with Crippen molar-refractivity contribution in [2.45, 2.75) is 30.3 Å². The fourth-order valence-electron chi connectivity index (χ4n) is 7.60. The van der Waals surface area contributed by atoms with E-state index in [0.29, 0.717) is 10.1 Å². The topological polar surface area (TPSA) is 83.2 Å². The molecule has 0 amide bonds. The number of para-hydroxylation sites is 2. The number of rotatable bonds is 5. The Balaban J connectivity index is 1.36. The van der Waals surface area contributed by atoms with Crippen molar-refractivity contribution < 1.29 is 0 Å². The number of nitrogens with zero attached hydrogens (tertiary/aromatic N) is 6. The Labute approximate surface area is 290 Å². The molecule has 9 rings (SSSR count). The maximum atomic E-state index is 9.60. The zero-order valence-corrected chi connectivity index (χ0v) is 28.2. The van der Waals surface area contributed by atoms with Crippen LogP contribution in [0.25, 0.3) is 89.5 Å². The predicted molar refractivity (Wildman–Crippen MR) is 202 cm³/mol. The average molecular weight is 667 g/mol. The van der Waals surface area contributed by atoms with Crippen LogP contribution in [-0.4, -0.2) is 19.1 Å². The molecule has 5 aromatic carbocycles. The molecule has 0 aliphatic heterocycles. The maximum absolute atomic E-state index is 9.60. The van der Waals surface area contributed by atoms with E-state index in [1.165, 1.54) is 21.5 Å². The fourth-order valence-corrected chi connectivity index (χ4v) is 8.56. The number of hydrogen-bond donors (Lipinski definition) is 0. The summed E-state index contributed by atoms with van der Waals surface area (Å²) >= 11 is 1.88. The molecule has 232 valence electrons. The van der Waals surface area contributed by atoms with Gasteiger partial charge in [0.25, 0.3) is 0 Å². The van der Waals surface area contributed by atoms with Crippen molar-refractivity contribution >= 4 is 79.2 Å². The van der Waals surface area contributed by atoms with Gasteiger partial charge in [-0.1, -0.05) is 79.7 Å². The van der Waals surface area contributed by atoms with Crippen LogP contribution in [0.15, 0.2) is 107 Å². The van der Waals surface area contributed by atoms with E-state index in [9.17, 15) is 10.5 Å². The third-order valence-corrected chi connectivity index (χ3v) is 10.7. The SMILES string of the molecule is C/C=c1\c(=C/CC)n(-c2ccc3c(c2)c2ccccc2n3-c2ccc3cccc4c3c2-c2nc(SC#N)c(SC#N)nc2-4)c2ccccc12. The third kappa shape index (κ3) is 4.21. The lowest BCUT2D eigenvalue weighted by Gasteiger charge is -2.14. The number of thiocyanates is 2. The Morgan fingerprint density at radius 2 is 1.41 bits per heavy atom. The molecule has 0 bridgehead atoms. The summed E-state index contributed by atoms with van der Waals surface area (Å²) < 4.78 is 4.72. The summed E-state index contributed by atoms with van der Waals surface area (Å²) in [6.45, 7) is 4.30. The number of aromatic nitrogens is 4. The van der Waals surface area contributed by atoms with E-state index in [1.807, 2.05) is 6.07 Å². The molecule has 0 spiro atoms. The summed E-state index contributed by atoms with van der Waals surface area (Å²) in [6, 6.07) is 34.5. The average Bonchev–Trinajstić information content (AvgIpc) is 3.75. The van der Waals surface area contributed by atoms with Crippen LogP contribution in [0.4, 0.5) is 0 Å². The lowest BCUT2D eigenvalue weighted by Crippen LogP contribution is -2.28. The molecule has 49 heavy (non-hydrogen) atoms. The van der Waals surface area contributed by atoms with Crippen LogP contribution in [0.5, 0.6) is 0 Å². The number of hydrogen-bond acceptors (Lipinski definition) is 6. The molecule has 0 fully saturated rings. The molecule has 0 N–H and O–H groups in total. The quantitative estimate of drug-likeness (QED) is 0.134. The molecule has 8 heteroatoms. The highest BCUT2D eigenvalue weighted by molar-refractivity contribution is 8.06. The van der Waals surface area contributed by atoms with E-state index < -0.39 is 0 Å². The Morgan fingerprint density at radius 1 is 0.714 bits per heavy atom. The lowest BCUT2D eigenvalue weighted by atomic mass is 10.0. The second-order valence-electron chi connectivity index (χ2n) is 11.9. The minimum atomic E-state index is 0.442. The summed E-state index contributed by atoms with van der Waals surface area (Å²) in [5, 5.41) is 32.4. The van der Waals surface area contributed by atoms with Crippen molar-refractivity contribution in [3.63, 3.8) is 0 Å². The summed E-state index contributed by atoms with van der Waals surface area (Å²) in [7, 11) is 0. The van der Waals surface area contributed by atoms with Crippen molar-refractivity contribution in [1.82, 2.24) is 19.1 Å². The molecule has 1 aliphatic rings. The van der Waals surface area contributed by atoms with Gasteiger partial charge in [0, 0.05) is 72.5 Å². The van der Waals surface area contributed by atoms with Crippen LogP contribution >= 0.6 is 23.5 Å². The molecule has 0 unspecified atom stereocenters. The summed E-state index contributed by atoms with van der Waals surface area (Å²) in [5.41, 5.74) is 8.89. The number of thioether (sulfide) groups is 2. The van der Waals surface area contributed by atoms with Crippen molar-refractivity contribution in [3.05, 3.63) is 108 Å². The summed E-state index contributed by atoms with van der Waals surface area (Å²) in [6.07, 6.45) is 5.46. The standard InChI is InChI=1S/C41H26N6S2/c1-3-10-31-26(4-2)27-12-5-7-15-32(27)46(31)25-18-20-34-30(21-25)28-13-6-8-16-33(28)47(34)35-19-17-24-11-9-14-29-36(24)37(35)39-38(29)44-40(48-22-42)41(45-39)49-23-43/h4-21H,3H2,1-2H3/b26-4-,31-10+. The van der Waals surface area contributed by atoms with Gasteiger partial charge in [0.1, 0.15) is 26.5 Å². The van der Waals surface area contributed by atoms with Crippen LogP contribution in [0.3, 0.4) is 0 Å². The summed E-state index contributed by atoms with van der Waals surface area (Å²) in [5.74, 6) is 0. The molecule has 0 saturated carbocycles. The molecule has 3 heterocycles. The van der Waals surface area contributed by atoms with Gasteiger partial charge < -0.3 is 9.13 Å². The first-order valence-corrected chi connectivity index (χ1v) is 17.7. The van der Waals surface area contributed by atoms with Gasteiger partial charge in [-0.15, -0.1) is 0 Å². The summed E-state index contributed by atoms with van der Waals surface area (Å²) in [4.78, 5) is 9.97. The molecular formula is C41H26N6S2. The minimum absolute atomic E-state index is 0.442. The third-order valence-electron chi connectivity index (χ3n) is 9.43. The van der Waals surface area contributed by atoms with Crippen LogP contribution < -0.4 is 10.6 Å². The second kappa shape index (κ2) is 11.4. The Morgan fingerprint density at radius 3 is 2.14 bits per heavy atom. The highest BCUT2D eigenvalue weighted by atomic mass is 32.2. The molecule has 0 atom stereocenters. The van der Waals surface area contributed by atoms with Crippen molar-refractivity contribution in [1.29, 1.82) is 10.5 Å². The molecule has 8 aromatic rings. The second-order valence-corrected chi connectivity index (χ2v) is 13.4. The monoisotopic (exact) mass is 666 g/mol. The molecule has 0 radical (unpaired) electrons. The largest absolute Gasteiger partial charge is 0.310 e. The van der Waals surface area contributed by atoms with Crippen molar-refractivity contribution in [3.8, 4) is 44.7 Å². The van der Waals surface area contributed by atoms with Crippen LogP contribution in [0.1, 0.15) is 20.3 Å². The molecule has 1 aliphatic carbocycles. The van der Waals surface area contributed by atoms with Gasteiger partial charge in [0.05, 0.1) is 27.9 Å².